The van der Waals surface area contributed by atoms with Gasteiger partial charge in [0.05, 0.1) is 5.56 Å². The van der Waals surface area contributed by atoms with Crippen molar-refractivity contribution in [2.75, 3.05) is 0 Å². The van der Waals surface area contributed by atoms with Crippen LogP contribution < -0.4 is 5.32 Å². The van der Waals surface area contributed by atoms with E-state index < -0.39 is 17.7 Å². The predicted molar refractivity (Wildman–Crippen MR) is 67.7 cm³/mol. The molecule has 0 aromatic carbocycles. The number of nitrogens with zero attached hydrogens (tertiary/aromatic N) is 1. The van der Waals surface area contributed by atoms with Crippen molar-refractivity contribution in [1.29, 1.82) is 0 Å². The van der Waals surface area contributed by atoms with E-state index in [9.17, 15) is 13.6 Å². The van der Waals surface area contributed by atoms with Gasteiger partial charge in [-0.2, -0.15) is 4.39 Å². The molecule has 1 aromatic rings. The van der Waals surface area contributed by atoms with Gasteiger partial charge < -0.3 is 5.32 Å². The number of carbonyl (C=O) groups excluding carboxylic acids is 1. The van der Waals surface area contributed by atoms with Crippen LogP contribution in [-0.4, -0.2) is 16.9 Å². The van der Waals surface area contributed by atoms with Gasteiger partial charge in [0.25, 0.3) is 5.91 Å². The van der Waals surface area contributed by atoms with Gasteiger partial charge in [0, 0.05) is 12.2 Å². The zero-order valence-electron chi connectivity index (χ0n) is 11.0. The van der Waals surface area contributed by atoms with Crippen molar-refractivity contribution in [1.82, 2.24) is 10.3 Å². The molecule has 0 aliphatic heterocycles. The molecule has 1 fully saturated rings. The fourth-order valence-electron chi connectivity index (χ4n) is 2.55. The maximum atomic E-state index is 13.5. The smallest absolute Gasteiger partial charge is 0.254 e. The summed E-state index contributed by atoms with van der Waals surface area (Å²) < 4.78 is 26.5. The zero-order valence-corrected chi connectivity index (χ0v) is 11.0. The third-order valence-electron chi connectivity index (χ3n) is 3.77. The van der Waals surface area contributed by atoms with Gasteiger partial charge in [-0.3, -0.25) is 4.79 Å². The first-order valence-corrected chi connectivity index (χ1v) is 6.70. The number of amides is 1. The zero-order chi connectivity index (χ0) is 13.8. The molecule has 1 heterocycles. The first-order chi connectivity index (χ1) is 9.09. The van der Waals surface area contributed by atoms with Crippen LogP contribution in [0.1, 0.15) is 49.4 Å². The number of carbonyl (C=O) groups is 1. The van der Waals surface area contributed by atoms with Gasteiger partial charge >= 0.3 is 0 Å². The average molecular weight is 268 g/mol. The number of rotatable bonds is 2. The Hall–Kier alpha value is -1.52. The normalized spacial score (nSPS) is 23.7. The van der Waals surface area contributed by atoms with Crippen molar-refractivity contribution in [3.8, 4) is 0 Å². The first kappa shape index (κ1) is 13.9. The molecule has 1 aliphatic carbocycles. The first-order valence-electron chi connectivity index (χ1n) is 6.70. The van der Waals surface area contributed by atoms with Gasteiger partial charge in [-0.05, 0) is 24.8 Å². The molecule has 1 aliphatic rings. The lowest BCUT2D eigenvalue weighted by Crippen LogP contribution is -2.39. The fraction of sp³-hybridized carbons (Fsp3) is 0.571. The number of hydrogen-bond donors (Lipinski definition) is 1. The third kappa shape index (κ3) is 3.28. The van der Waals surface area contributed by atoms with Gasteiger partial charge in [-0.1, -0.05) is 26.2 Å². The van der Waals surface area contributed by atoms with E-state index in [0.29, 0.717) is 5.92 Å². The SMILES string of the molecule is CC1CCCCCC1NC(=O)c1ccnc(F)c1F. The highest BCUT2D eigenvalue weighted by atomic mass is 19.2. The molecule has 19 heavy (non-hydrogen) atoms. The minimum absolute atomic E-state index is 0.0330. The summed E-state index contributed by atoms with van der Waals surface area (Å²) in [5.41, 5.74) is -0.274. The highest BCUT2D eigenvalue weighted by Gasteiger charge is 2.24. The Morgan fingerprint density at radius 2 is 2.05 bits per heavy atom. The number of nitrogens with one attached hydrogen (secondary N) is 1. The van der Waals surface area contributed by atoms with Crippen molar-refractivity contribution >= 4 is 5.91 Å². The number of halogens is 2. The summed E-state index contributed by atoms with van der Waals surface area (Å²) in [6.45, 7) is 2.08. The summed E-state index contributed by atoms with van der Waals surface area (Å²) in [4.78, 5) is 15.2. The molecule has 1 saturated carbocycles. The molecule has 104 valence electrons. The van der Waals surface area contributed by atoms with Crippen LogP contribution in [0.25, 0.3) is 0 Å². The monoisotopic (exact) mass is 268 g/mol. The van der Waals surface area contributed by atoms with Crippen molar-refractivity contribution in [3.63, 3.8) is 0 Å². The van der Waals surface area contributed by atoms with Crippen LogP contribution >= 0.6 is 0 Å². The molecular formula is C14H18F2N2O. The molecule has 0 radical (unpaired) electrons. The summed E-state index contributed by atoms with van der Waals surface area (Å²) in [5.74, 6) is -2.61. The number of pyridine rings is 1. The van der Waals surface area contributed by atoms with Gasteiger partial charge in [0.1, 0.15) is 0 Å². The molecule has 0 bridgehead atoms. The molecule has 2 unspecified atom stereocenters. The summed E-state index contributed by atoms with van der Waals surface area (Å²) in [6.07, 6.45) is 6.42. The van der Waals surface area contributed by atoms with Crippen molar-refractivity contribution in [2.45, 2.75) is 45.1 Å². The summed E-state index contributed by atoms with van der Waals surface area (Å²) in [5, 5.41) is 2.82. The highest BCUT2D eigenvalue weighted by molar-refractivity contribution is 5.94. The lowest BCUT2D eigenvalue weighted by Gasteiger charge is -2.22. The molecule has 0 spiro atoms. The van der Waals surface area contributed by atoms with E-state index in [4.69, 9.17) is 0 Å². The standard InChI is InChI=1S/C14H18F2N2O/c1-9-5-3-2-4-6-11(9)18-14(19)10-7-8-17-13(16)12(10)15/h7-9,11H,2-6H2,1H3,(H,18,19). The maximum Gasteiger partial charge on any atom is 0.254 e. The minimum Gasteiger partial charge on any atom is -0.349 e. The Kier molecular flexibility index (Phi) is 4.45. The average Bonchev–Trinajstić information content (AvgIpc) is 2.58. The molecule has 5 heteroatoms. The van der Waals surface area contributed by atoms with Crippen molar-refractivity contribution < 1.29 is 13.6 Å². The highest BCUT2D eigenvalue weighted by Crippen LogP contribution is 2.23. The van der Waals surface area contributed by atoms with Gasteiger partial charge in [-0.25, -0.2) is 9.37 Å². The van der Waals surface area contributed by atoms with E-state index >= 15 is 0 Å². The molecule has 1 N–H and O–H groups in total. The van der Waals surface area contributed by atoms with E-state index in [1.54, 1.807) is 0 Å². The Morgan fingerprint density at radius 1 is 1.32 bits per heavy atom. The van der Waals surface area contributed by atoms with Crippen molar-refractivity contribution in [3.05, 3.63) is 29.6 Å². The molecule has 1 aromatic heterocycles. The summed E-state index contributed by atoms with van der Waals surface area (Å²) in [7, 11) is 0. The van der Waals surface area contributed by atoms with E-state index in [0.717, 1.165) is 38.3 Å². The number of hydrogen-bond acceptors (Lipinski definition) is 2. The summed E-state index contributed by atoms with van der Waals surface area (Å²) in [6, 6.07) is 1.24. The largest absolute Gasteiger partial charge is 0.349 e. The van der Waals surface area contributed by atoms with Crippen LogP contribution in [-0.2, 0) is 0 Å². The second-order valence-corrected chi connectivity index (χ2v) is 5.16. The molecule has 0 saturated heterocycles. The second-order valence-electron chi connectivity index (χ2n) is 5.16. The quantitative estimate of drug-likeness (QED) is 0.661. The lowest BCUT2D eigenvalue weighted by atomic mass is 9.96. The topological polar surface area (TPSA) is 42.0 Å². The van der Waals surface area contributed by atoms with Crippen LogP contribution in [0.2, 0.25) is 0 Å². The third-order valence-corrected chi connectivity index (χ3v) is 3.77. The molecule has 2 rings (SSSR count). The van der Waals surface area contributed by atoms with Crippen LogP contribution in [0, 0.1) is 17.7 Å². The van der Waals surface area contributed by atoms with Crippen LogP contribution in [0.5, 0.6) is 0 Å². The Morgan fingerprint density at radius 3 is 2.84 bits per heavy atom. The Bertz CT molecular complexity index is 465. The summed E-state index contributed by atoms with van der Waals surface area (Å²) >= 11 is 0. The van der Waals surface area contributed by atoms with Crippen molar-refractivity contribution in [2.24, 2.45) is 5.92 Å². The molecule has 3 nitrogen and oxygen atoms in total. The van der Waals surface area contributed by atoms with Gasteiger partial charge in [-0.15, -0.1) is 0 Å². The molecule has 1 amide bonds. The second kappa shape index (κ2) is 6.08. The van der Waals surface area contributed by atoms with Gasteiger partial charge in [0.2, 0.25) is 5.95 Å². The Labute approximate surface area is 111 Å². The molecule has 2 atom stereocenters. The van der Waals surface area contributed by atoms with E-state index in [1.807, 2.05) is 0 Å². The van der Waals surface area contributed by atoms with E-state index in [2.05, 4.69) is 17.2 Å². The maximum absolute atomic E-state index is 13.5. The predicted octanol–water partition coefficient (Wildman–Crippen LogP) is 3.06. The van der Waals surface area contributed by atoms with Crippen LogP contribution in [0.3, 0.4) is 0 Å². The van der Waals surface area contributed by atoms with Gasteiger partial charge in [0.15, 0.2) is 5.82 Å². The fourth-order valence-corrected chi connectivity index (χ4v) is 2.55. The van der Waals surface area contributed by atoms with Crippen LogP contribution in [0.4, 0.5) is 8.78 Å². The van der Waals surface area contributed by atoms with E-state index in [-0.39, 0.29) is 11.6 Å². The minimum atomic E-state index is -1.23. The molecular weight excluding hydrogens is 250 g/mol. The number of aromatic nitrogens is 1. The Balaban J connectivity index is 2.09. The lowest BCUT2D eigenvalue weighted by molar-refractivity contribution is 0.0916. The van der Waals surface area contributed by atoms with E-state index in [1.165, 1.54) is 6.07 Å². The van der Waals surface area contributed by atoms with Crippen LogP contribution in [0.15, 0.2) is 12.3 Å².